The number of carboxylic acids is 5. The number of nitrogens with zero attached hydrogens (tertiary/aromatic N) is 10. The average Bonchev–Trinajstić information content (AvgIpc) is 3.39. The lowest BCUT2D eigenvalue weighted by Gasteiger charge is -2.37. The predicted molar refractivity (Wildman–Crippen MR) is 300 cm³/mol. The summed E-state index contributed by atoms with van der Waals surface area (Å²) in [6, 6.07) is 5.10. The van der Waals surface area contributed by atoms with Gasteiger partial charge >= 0.3 is 35.9 Å². The minimum absolute atomic E-state index is 0.0435. The van der Waals surface area contributed by atoms with Gasteiger partial charge in [-0.1, -0.05) is 57.2 Å². The quantitative estimate of drug-likeness (QED) is 0.0353. The van der Waals surface area contributed by atoms with E-state index in [9.17, 15) is 59.1 Å². The molecule has 1 aromatic heterocycles. The first-order valence-electron chi connectivity index (χ1n) is 27.7. The highest BCUT2D eigenvalue weighted by molar-refractivity contribution is 5.84. The van der Waals surface area contributed by atoms with E-state index < -0.39 is 54.5 Å². The van der Waals surface area contributed by atoms with Crippen LogP contribution in [-0.4, -0.2) is 256 Å². The normalized spacial score (nSPS) is 16.8. The molecule has 2 saturated heterocycles. The van der Waals surface area contributed by atoms with E-state index in [2.05, 4.69) is 37.6 Å². The molecule has 0 saturated carbocycles. The molecule has 0 radical (unpaired) electrons. The third-order valence-electron chi connectivity index (χ3n) is 13.8. The van der Waals surface area contributed by atoms with Crippen molar-refractivity contribution in [2.24, 2.45) is 0 Å². The Kier molecular flexibility index (Phi) is 29.2. The number of aliphatic hydroxyl groups is 1. The van der Waals surface area contributed by atoms with E-state index in [0.717, 1.165) is 89.7 Å². The Morgan fingerprint density at radius 1 is 0.650 bits per heavy atom. The first-order valence-corrected chi connectivity index (χ1v) is 27.7. The maximum absolute atomic E-state index is 12.3. The Morgan fingerprint density at radius 3 is 1.88 bits per heavy atom. The molecule has 0 bridgehead atoms. The van der Waals surface area contributed by atoms with Gasteiger partial charge in [0.05, 0.1) is 31.9 Å². The number of amides is 3. The molecule has 10 N–H and O–H groups in total. The van der Waals surface area contributed by atoms with Gasteiger partial charge in [-0.05, 0) is 62.8 Å². The first kappa shape index (κ1) is 65.6. The molecule has 2 atom stereocenters. The van der Waals surface area contributed by atoms with E-state index in [1.807, 2.05) is 48.2 Å². The first-order chi connectivity index (χ1) is 38.2. The molecule has 1 aromatic carbocycles. The van der Waals surface area contributed by atoms with Crippen LogP contribution in [0.1, 0.15) is 82.6 Å². The Balaban J connectivity index is 1.23. The molecule has 27 nitrogen and oxygen atoms in total. The van der Waals surface area contributed by atoms with Crippen molar-refractivity contribution >= 4 is 65.3 Å². The summed E-state index contributed by atoms with van der Waals surface area (Å²) in [5, 5.41) is 68.2. The number of hydrogen-bond acceptors (Lipinski definition) is 19. The van der Waals surface area contributed by atoms with Crippen LogP contribution in [0.25, 0.3) is 0 Å². The van der Waals surface area contributed by atoms with Crippen molar-refractivity contribution in [3.63, 3.8) is 0 Å². The van der Waals surface area contributed by atoms with Gasteiger partial charge in [-0.25, -0.2) is 9.59 Å². The van der Waals surface area contributed by atoms with Crippen LogP contribution in [0.15, 0.2) is 36.6 Å². The van der Waals surface area contributed by atoms with Crippen molar-refractivity contribution in [3.8, 4) is 0 Å². The lowest BCUT2D eigenvalue weighted by atomic mass is 10.0. The Bertz CT molecular complexity index is 2310. The second-order valence-electron chi connectivity index (χ2n) is 20.7. The van der Waals surface area contributed by atoms with Gasteiger partial charge in [0.2, 0.25) is 23.8 Å². The van der Waals surface area contributed by atoms with Crippen molar-refractivity contribution in [1.29, 1.82) is 0 Å². The zero-order valence-corrected chi connectivity index (χ0v) is 46.6. The number of hydrogen-bond donors (Lipinski definition) is 10. The molecule has 27 heteroatoms. The lowest BCUT2D eigenvalue weighted by molar-refractivity contribution is -0.141. The molecular formula is C53H86N14O13. The lowest BCUT2D eigenvalue weighted by Crippen LogP contribution is -2.53. The maximum Gasteiger partial charge on any atom is 0.326 e. The fourth-order valence-corrected chi connectivity index (χ4v) is 9.62. The zero-order chi connectivity index (χ0) is 58.4. The fourth-order valence-electron chi connectivity index (χ4n) is 9.62. The summed E-state index contributed by atoms with van der Waals surface area (Å²) in [7, 11) is 3.73. The molecule has 2 aromatic rings. The third-order valence-corrected chi connectivity index (χ3v) is 13.8. The maximum atomic E-state index is 12.3. The average molecular weight is 1130 g/mol. The molecule has 446 valence electrons. The van der Waals surface area contributed by atoms with Gasteiger partial charge in [-0.2, -0.15) is 15.0 Å². The number of benzene rings is 1. The summed E-state index contributed by atoms with van der Waals surface area (Å²) < 4.78 is 0. The van der Waals surface area contributed by atoms with E-state index in [-0.39, 0.29) is 63.9 Å². The van der Waals surface area contributed by atoms with Crippen LogP contribution in [-0.2, 0) is 35.2 Å². The zero-order valence-electron chi connectivity index (χ0n) is 46.6. The summed E-state index contributed by atoms with van der Waals surface area (Å²) in [4.78, 5) is 110. The number of rotatable bonds is 34. The highest BCUT2D eigenvalue weighted by Gasteiger charge is 2.28. The third kappa shape index (κ3) is 26.8. The molecule has 2 aliphatic heterocycles. The SMILES string of the molecule is C=C(O)CN1CCN(CC(=O)O)CCN(CC(=O)O)C(Cc2cccc(Nc3nc(N(C)C)nc(N4CCN(CCCCCCCCCCC(=O)NCCCCC(NC(=O)NCC(=O)O)C(=O)O)CC4)n3)c2)CN(CC(=O)O)CC1. The molecule has 0 aliphatic carbocycles. The smallest absolute Gasteiger partial charge is 0.326 e. The van der Waals surface area contributed by atoms with Gasteiger partial charge in [0.1, 0.15) is 12.6 Å². The van der Waals surface area contributed by atoms with Crippen LogP contribution in [0.5, 0.6) is 0 Å². The van der Waals surface area contributed by atoms with Crippen molar-refractivity contribution < 1.29 is 64.2 Å². The number of aromatic nitrogens is 3. The molecule has 2 fully saturated rings. The molecule has 2 unspecified atom stereocenters. The summed E-state index contributed by atoms with van der Waals surface area (Å²) in [6.45, 7) is 8.87. The second kappa shape index (κ2) is 35.6. The van der Waals surface area contributed by atoms with Crippen molar-refractivity contribution in [3.05, 3.63) is 42.2 Å². The summed E-state index contributed by atoms with van der Waals surface area (Å²) in [5.74, 6) is -4.32. The van der Waals surface area contributed by atoms with Gasteiger partial charge in [0, 0.05) is 111 Å². The minimum atomic E-state index is -1.24. The van der Waals surface area contributed by atoms with Gasteiger partial charge in [0.25, 0.3) is 0 Å². The Hall–Kier alpha value is -6.94. The van der Waals surface area contributed by atoms with E-state index in [0.29, 0.717) is 81.9 Å². The predicted octanol–water partition coefficient (Wildman–Crippen LogP) is 1.90. The number of aliphatic hydroxyl groups excluding tert-OH is 1. The van der Waals surface area contributed by atoms with E-state index >= 15 is 0 Å². The number of piperazine rings is 1. The molecule has 3 heterocycles. The van der Waals surface area contributed by atoms with Crippen LogP contribution in [0.3, 0.4) is 0 Å². The van der Waals surface area contributed by atoms with Gasteiger partial charge in [-0.3, -0.25) is 48.5 Å². The summed E-state index contributed by atoms with van der Waals surface area (Å²) in [5.41, 5.74) is 1.53. The van der Waals surface area contributed by atoms with Crippen molar-refractivity contribution in [2.45, 2.75) is 95.6 Å². The van der Waals surface area contributed by atoms with Crippen LogP contribution < -0.4 is 31.1 Å². The number of nitrogens with one attached hydrogen (secondary N) is 4. The molecular weight excluding hydrogens is 1040 g/mol. The molecule has 0 spiro atoms. The summed E-state index contributed by atoms with van der Waals surface area (Å²) >= 11 is 0. The Morgan fingerprint density at radius 2 is 1.25 bits per heavy atom. The molecule has 3 amide bonds. The van der Waals surface area contributed by atoms with E-state index in [1.165, 1.54) is 0 Å². The number of carbonyl (C=O) groups is 7. The van der Waals surface area contributed by atoms with E-state index in [4.69, 9.17) is 20.1 Å². The monoisotopic (exact) mass is 1130 g/mol. The summed E-state index contributed by atoms with van der Waals surface area (Å²) in [6.07, 6.45) is 10.4. The number of carboxylic acid groups (broad SMARTS) is 5. The fraction of sp³-hybridized carbons (Fsp3) is 0.660. The highest BCUT2D eigenvalue weighted by Crippen LogP contribution is 2.23. The van der Waals surface area contributed by atoms with Crippen LogP contribution >= 0.6 is 0 Å². The Labute approximate surface area is 468 Å². The van der Waals surface area contributed by atoms with Gasteiger partial charge in [0.15, 0.2) is 0 Å². The number of urea groups is 1. The van der Waals surface area contributed by atoms with Crippen LogP contribution in [0.2, 0.25) is 0 Å². The van der Waals surface area contributed by atoms with Gasteiger partial charge in [-0.15, -0.1) is 0 Å². The van der Waals surface area contributed by atoms with Gasteiger partial charge < -0.3 is 61.7 Å². The molecule has 4 rings (SSSR count). The number of aliphatic carboxylic acids is 5. The molecule has 2 aliphatic rings. The number of carbonyl (C=O) groups excluding carboxylic acids is 2. The minimum Gasteiger partial charge on any atom is -0.512 e. The standard InChI is InChI=1S/C53H86N14O13/c1-39(68)34-63-21-22-64(36-46(72)73)27-30-67(38-48(76)77)42(35-65(24-23-63)37-47(74)75)32-40-15-14-16-41(31-40)56-50-58-51(61(2)3)60-52(59-50)66-28-25-62(26-29-66)20-13-9-7-5-4-6-8-10-18-44(69)54-19-12-11-17-43(49(78)79)57-53(80)55-33-45(70)71/h14-16,31,42-43,68H,1,4-13,17-30,32-38H2,2-3H3,(H,54,69)(H,70,71)(H,72,73)(H,74,75)(H,76,77)(H,78,79)(H2,55,57,80)(H,56,58,59,60). The number of unbranched alkanes of at least 4 members (excludes halogenated alkanes) is 8. The highest BCUT2D eigenvalue weighted by atomic mass is 16.4. The van der Waals surface area contributed by atoms with Crippen molar-refractivity contribution in [2.75, 3.05) is 147 Å². The molecule has 80 heavy (non-hydrogen) atoms. The topological polar surface area (TPSA) is 350 Å². The van der Waals surface area contributed by atoms with E-state index in [1.54, 1.807) is 14.7 Å². The second-order valence-corrected chi connectivity index (χ2v) is 20.7. The number of anilines is 4. The van der Waals surface area contributed by atoms with Crippen LogP contribution in [0.4, 0.5) is 28.3 Å². The largest absolute Gasteiger partial charge is 0.512 e. The van der Waals surface area contributed by atoms with Crippen LogP contribution in [0, 0.1) is 0 Å². The van der Waals surface area contributed by atoms with Crippen molar-refractivity contribution in [1.82, 2.24) is 55.4 Å².